The lowest BCUT2D eigenvalue weighted by atomic mass is 9.99. The van der Waals surface area contributed by atoms with Gasteiger partial charge in [0.1, 0.15) is 24.4 Å². The molecule has 0 aromatic rings. The maximum Gasteiger partial charge on any atom is 0.220 e. The molecule has 0 bridgehead atoms. The molecule has 0 aliphatic carbocycles. The summed E-state index contributed by atoms with van der Waals surface area (Å²) in [6.07, 6.45) is 76.8. The highest BCUT2D eigenvalue weighted by Gasteiger charge is 2.44. The number of rotatable bonds is 57. The number of aliphatic hydroxyl groups excluding tert-OH is 5. The largest absolute Gasteiger partial charge is 0.394 e. The van der Waals surface area contributed by atoms with E-state index in [2.05, 4.69) is 92.1 Å². The molecule has 1 amide bonds. The lowest BCUT2D eigenvalue weighted by Crippen LogP contribution is -2.60. The zero-order valence-electron chi connectivity index (χ0n) is 51.1. The zero-order valence-corrected chi connectivity index (χ0v) is 51.1. The van der Waals surface area contributed by atoms with Crippen molar-refractivity contribution in [3.05, 3.63) is 85.1 Å². The minimum atomic E-state index is -1.58. The van der Waals surface area contributed by atoms with E-state index in [0.717, 1.165) is 77.0 Å². The molecule has 79 heavy (non-hydrogen) atoms. The number of hydrogen-bond donors (Lipinski definition) is 6. The van der Waals surface area contributed by atoms with Crippen molar-refractivity contribution in [2.45, 2.75) is 339 Å². The predicted molar refractivity (Wildman–Crippen MR) is 336 cm³/mol. The van der Waals surface area contributed by atoms with Crippen LogP contribution in [-0.2, 0) is 14.3 Å². The van der Waals surface area contributed by atoms with Gasteiger partial charge in [-0.3, -0.25) is 4.79 Å². The second-order valence-corrected chi connectivity index (χ2v) is 22.9. The first kappa shape index (κ1) is 74.4. The Morgan fingerprint density at radius 2 is 0.797 bits per heavy atom. The molecule has 7 atom stereocenters. The topological polar surface area (TPSA) is 149 Å². The normalized spacial score (nSPS) is 19.1. The van der Waals surface area contributed by atoms with Crippen molar-refractivity contribution in [3.63, 3.8) is 0 Å². The predicted octanol–water partition coefficient (Wildman–Crippen LogP) is 17.7. The molecule has 0 spiro atoms. The third-order valence-electron chi connectivity index (χ3n) is 15.5. The van der Waals surface area contributed by atoms with Crippen molar-refractivity contribution in [2.24, 2.45) is 0 Å². The van der Waals surface area contributed by atoms with Gasteiger partial charge in [-0.2, -0.15) is 0 Å². The number of ether oxygens (including phenoxy) is 2. The van der Waals surface area contributed by atoms with E-state index in [4.69, 9.17) is 9.47 Å². The van der Waals surface area contributed by atoms with E-state index in [1.807, 2.05) is 6.08 Å². The van der Waals surface area contributed by atoms with E-state index in [1.165, 1.54) is 199 Å². The van der Waals surface area contributed by atoms with Gasteiger partial charge in [-0.05, 0) is 77.0 Å². The van der Waals surface area contributed by atoms with E-state index in [0.29, 0.717) is 6.42 Å². The Morgan fingerprint density at radius 1 is 0.443 bits per heavy atom. The van der Waals surface area contributed by atoms with Crippen LogP contribution in [0.1, 0.15) is 296 Å². The first-order valence-corrected chi connectivity index (χ1v) is 33.3. The van der Waals surface area contributed by atoms with Crippen LogP contribution in [0, 0.1) is 0 Å². The molecule has 9 heteroatoms. The van der Waals surface area contributed by atoms with Gasteiger partial charge in [0.05, 0.1) is 25.4 Å². The molecule has 0 aromatic carbocycles. The average molecular weight is 1110 g/mol. The molecule has 1 aliphatic rings. The fraction of sp³-hybridized carbons (Fsp3) is 0.786. The van der Waals surface area contributed by atoms with Crippen LogP contribution in [0.4, 0.5) is 0 Å². The van der Waals surface area contributed by atoms with Crippen LogP contribution in [0.3, 0.4) is 0 Å². The van der Waals surface area contributed by atoms with Crippen LogP contribution in [0.15, 0.2) is 85.1 Å². The summed E-state index contributed by atoms with van der Waals surface area (Å²) in [6.45, 7) is 3.68. The zero-order chi connectivity index (χ0) is 57.2. The summed E-state index contributed by atoms with van der Waals surface area (Å²) >= 11 is 0. The van der Waals surface area contributed by atoms with Crippen LogP contribution in [0.2, 0.25) is 0 Å². The van der Waals surface area contributed by atoms with Crippen molar-refractivity contribution in [3.8, 4) is 0 Å². The molecular formula is C70H125NO8. The average Bonchev–Trinajstić information content (AvgIpc) is 3.47. The highest BCUT2D eigenvalue weighted by Crippen LogP contribution is 2.23. The first-order chi connectivity index (χ1) is 38.8. The van der Waals surface area contributed by atoms with Crippen molar-refractivity contribution >= 4 is 5.91 Å². The van der Waals surface area contributed by atoms with E-state index in [-0.39, 0.29) is 12.5 Å². The molecule has 0 radical (unpaired) electrons. The Labute approximate surface area is 486 Å². The van der Waals surface area contributed by atoms with Crippen molar-refractivity contribution < 1.29 is 39.8 Å². The molecular weight excluding hydrogens is 983 g/mol. The fourth-order valence-corrected chi connectivity index (χ4v) is 10.3. The SMILES string of the molecule is CC/C=C\C/C=C\C/C=C\C/C=C\C/C=C\CCCCCCCCCCCCCC(=O)NC(COC1OC(CO)C(O)C(O)C1O)C(O)/C=C/CC/C=C/CCCCCCCCCCCCCCCCCCCCCCCCC. The maximum absolute atomic E-state index is 13.1. The number of carbonyl (C=O) groups is 1. The van der Waals surface area contributed by atoms with Gasteiger partial charge in [-0.25, -0.2) is 0 Å². The lowest BCUT2D eigenvalue weighted by Gasteiger charge is -2.40. The van der Waals surface area contributed by atoms with Crippen LogP contribution in [-0.4, -0.2) is 87.5 Å². The van der Waals surface area contributed by atoms with Gasteiger partial charge < -0.3 is 40.3 Å². The smallest absolute Gasteiger partial charge is 0.220 e. The molecule has 1 rings (SSSR count). The number of nitrogens with one attached hydrogen (secondary N) is 1. The number of aliphatic hydroxyl groups is 5. The van der Waals surface area contributed by atoms with Gasteiger partial charge in [0.25, 0.3) is 0 Å². The van der Waals surface area contributed by atoms with Gasteiger partial charge in [0.15, 0.2) is 6.29 Å². The summed E-state index contributed by atoms with van der Waals surface area (Å²) < 4.78 is 11.3. The third kappa shape index (κ3) is 47.6. The Bertz CT molecular complexity index is 1520. The van der Waals surface area contributed by atoms with Crippen LogP contribution in [0.5, 0.6) is 0 Å². The second kappa shape index (κ2) is 58.6. The van der Waals surface area contributed by atoms with Gasteiger partial charge in [0.2, 0.25) is 5.91 Å². The van der Waals surface area contributed by atoms with E-state index >= 15 is 0 Å². The highest BCUT2D eigenvalue weighted by atomic mass is 16.7. The summed E-state index contributed by atoms with van der Waals surface area (Å²) in [6, 6.07) is -0.830. The summed E-state index contributed by atoms with van der Waals surface area (Å²) in [5, 5.41) is 54.7. The molecule has 458 valence electrons. The first-order valence-electron chi connectivity index (χ1n) is 33.3. The number of allylic oxidation sites excluding steroid dienone is 13. The van der Waals surface area contributed by atoms with Gasteiger partial charge in [-0.1, -0.05) is 298 Å². The number of unbranched alkanes of at least 4 members (excludes halogenated alkanes) is 35. The van der Waals surface area contributed by atoms with Crippen LogP contribution < -0.4 is 5.32 Å². The maximum atomic E-state index is 13.1. The minimum Gasteiger partial charge on any atom is -0.394 e. The second-order valence-electron chi connectivity index (χ2n) is 22.9. The molecule has 1 saturated heterocycles. The summed E-state index contributed by atoms with van der Waals surface area (Å²) in [5.74, 6) is -0.190. The molecule has 1 aliphatic heterocycles. The molecule has 0 aromatic heterocycles. The van der Waals surface area contributed by atoms with E-state index in [9.17, 15) is 30.3 Å². The van der Waals surface area contributed by atoms with Gasteiger partial charge in [0, 0.05) is 6.42 Å². The Hall–Kier alpha value is -2.63. The summed E-state index contributed by atoms with van der Waals surface area (Å²) in [5.41, 5.74) is 0. The van der Waals surface area contributed by atoms with E-state index in [1.54, 1.807) is 6.08 Å². The molecule has 7 unspecified atom stereocenters. The van der Waals surface area contributed by atoms with Crippen molar-refractivity contribution in [2.75, 3.05) is 13.2 Å². The Kier molecular flexibility index (Phi) is 55.1. The molecule has 1 heterocycles. The van der Waals surface area contributed by atoms with Crippen molar-refractivity contribution in [1.29, 1.82) is 0 Å². The Morgan fingerprint density at radius 3 is 1.22 bits per heavy atom. The molecule has 1 fully saturated rings. The third-order valence-corrected chi connectivity index (χ3v) is 15.5. The van der Waals surface area contributed by atoms with Gasteiger partial charge in [-0.15, -0.1) is 0 Å². The fourth-order valence-electron chi connectivity index (χ4n) is 10.3. The molecule has 0 saturated carbocycles. The standard InChI is InChI=1S/C70H125NO8/c1-3-5-7-9-11-13-15-17-19-21-23-25-27-29-31-32-34-35-37-39-41-43-45-47-49-51-53-55-57-59-64(73)63(62-78-70-69(77)68(76)67(75)65(61-72)79-70)71-66(74)60-58-56-54-52-50-48-46-44-42-40-38-36-33-30-28-26-24-22-20-18-16-14-12-10-8-6-4-2/h6,8,12,14,18,20,24,26,30,33,49,51,57,59,63-65,67-70,72-73,75-77H,3-5,7,9-11,13,15-17,19,21-23,25,27-29,31-32,34-48,50,52-56,58,60-62H2,1-2H3,(H,71,74)/b8-6-,14-12-,20-18-,26-24-,33-30-,51-49+,59-57+. The van der Waals surface area contributed by atoms with E-state index < -0.39 is 49.5 Å². The molecule has 9 nitrogen and oxygen atoms in total. The molecule has 6 N–H and O–H groups in total. The minimum absolute atomic E-state index is 0.190. The lowest BCUT2D eigenvalue weighted by molar-refractivity contribution is -0.302. The summed E-state index contributed by atoms with van der Waals surface area (Å²) in [4.78, 5) is 13.1. The monoisotopic (exact) mass is 1110 g/mol. The van der Waals surface area contributed by atoms with Crippen LogP contribution in [0.25, 0.3) is 0 Å². The number of carbonyl (C=O) groups excluding carboxylic acids is 1. The number of hydrogen-bond acceptors (Lipinski definition) is 8. The summed E-state index contributed by atoms with van der Waals surface area (Å²) in [7, 11) is 0. The Balaban J connectivity index is 2.19. The van der Waals surface area contributed by atoms with Crippen molar-refractivity contribution in [1.82, 2.24) is 5.32 Å². The number of amides is 1. The van der Waals surface area contributed by atoms with Gasteiger partial charge >= 0.3 is 0 Å². The highest BCUT2D eigenvalue weighted by molar-refractivity contribution is 5.76. The quantitative estimate of drug-likeness (QED) is 0.0261. The van der Waals surface area contributed by atoms with Crippen LogP contribution >= 0.6 is 0 Å².